The van der Waals surface area contributed by atoms with E-state index in [9.17, 15) is 0 Å². The molecule has 2 rings (SSSR count). The van der Waals surface area contributed by atoms with Crippen molar-refractivity contribution in [2.75, 3.05) is 5.73 Å². The van der Waals surface area contributed by atoms with Crippen LogP contribution in [0.25, 0.3) is 0 Å². The molecule has 0 fully saturated rings. The third kappa shape index (κ3) is 3.31. The summed E-state index contributed by atoms with van der Waals surface area (Å²) in [7, 11) is 0. The van der Waals surface area contributed by atoms with Gasteiger partial charge in [0.15, 0.2) is 5.13 Å². The number of benzene rings is 1. The highest BCUT2D eigenvalue weighted by Gasteiger charge is 2.09. The van der Waals surface area contributed by atoms with Crippen molar-refractivity contribution in [2.45, 2.75) is 32.9 Å². The summed E-state index contributed by atoms with van der Waals surface area (Å²) >= 11 is 1.54. The number of nitrogens with zero attached hydrogens (tertiary/aromatic N) is 1. The lowest BCUT2D eigenvalue weighted by Crippen LogP contribution is -2.19. The molecule has 1 atom stereocenters. The number of nitrogens with two attached hydrogens (primary N) is 1. The van der Waals surface area contributed by atoms with E-state index < -0.39 is 0 Å². The van der Waals surface area contributed by atoms with Crippen LogP contribution in [0, 0.1) is 6.92 Å². The molecule has 0 aliphatic heterocycles. The lowest BCUT2D eigenvalue weighted by atomic mass is 10.0. The average Bonchev–Trinajstić information content (AvgIpc) is 2.78. The number of nitrogen functional groups attached to an aromatic ring is 1. The van der Waals surface area contributed by atoms with Crippen molar-refractivity contribution in [3.63, 3.8) is 0 Å². The number of hydrogen-bond donors (Lipinski definition) is 2. The molecule has 0 spiro atoms. The first-order valence-corrected chi connectivity index (χ1v) is 7.01. The standard InChI is InChI=1S/C14H19N3S/c1-3-13(11-6-4-10(2)5-7-11)16-8-12-9-17-14(15)18-12/h4-7,9,13,16H,3,8H2,1-2H3,(H2,15,17). The number of aryl methyl sites for hydroxylation is 1. The molecular formula is C14H19N3S. The maximum Gasteiger partial charge on any atom is 0.180 e. The second-order valence-corrected chi connectivity index (χ2v) is 5.56. The molecule has 2 aromatic rings. The molecule has 18 heavy (non-hydrogen) atoms. The molecule has 0 aliphatic carbocycles. The van der Waals surface area contributed by atoms with Gasteiger partial charge in [-0.3, -0.25) is 0 Å². The fourth-order valence-corrected chi connectivity index (χ4v) is 2.56. The molecule has 0 radical (unpaired) electrons. The number of hydrogen-bond acceptors (Lipinski definition) is 4. The molecule has 1 aromatic heterocycles. The van der Waals surface area contributed by atoms with Crippen LogP contribution in [0.2, 0.25) is 0 Å². The molecule has 1 heterocycles. The molecular weight excluding hydrogens is 242 g/mol. The van der Waals surface area contributed by atoms with Crippen LogP contribution in [0.5, 0.6) is 0 Å². The van der Waals surface area contributed by atoms with Crippen LogP contribution in [0.1, 0.15) is 35.4 Å². The van der Waals surface area contributed by atoms with Gasteiger partial charge in [-0.25, -0.2) is 4.98 Å². The second-order valence-electron chi connectivity index (χ2n) is 4.42. The van der Waals surface area contributed by atoms with Crippen LogP contribution >= 0.6 is 11.3 Å². The van der Waals surface area contributed by atoms with E-state index in [0.717, 1.165) is 13.0 Å². The topological polar surface area (TPSA) is 50.9 Å². The fourth-order valence-electron chi connectivity index (χ4n) is 1.92. The lowest BCUT2D eigenvalue weighted by Gasteiger charge is -2.17. The molecule has 0 bridgehead atoms. The van der Waals surface area contributed by atoms with Crippen LogP contribution < -0.4 is 11.1 Å². The van der Waals surface area contributed by atoms with E-state index in [1.54, 1.807) is 11.3 Å². The van der Waals surface area contributed by atoms with Gasteiger partial charge >= 0.3 is 0 Å². The Hall–Kier alpha value is -1.39. The Kier molecular flexibility index (Phi) is 4.33. The minimum atomic E-state index is 0.383. The molecule has 96 valence electrons. The van der Waals surface area contributed by atoms with Crippen molar-refractivity contribution < 1.29 is 0 Å². The predicted octanol–water partition coefficient (Wildman–Crippen LogP) is 3.27. The largest absolute Gasteiger partial charge is 0.375 e. The van der Waals surface area contributed by atoms with E-state index in [1.165, 1.54) is 16.0 Å². The number of thiazole rings is 1. The van der Waals surface area contributed by atoms with E-state index in [0.29, 0.717) is 11.2 Å². The van der Waals surface area contributed by atoms with Gasteiger partial charge in [-0.15, -0.1) is 11.3 Å². The zero-order valence-corrected chi connectivity index (χ0v) is 11.6. The number of rotatable bonds is 5. The number of aromatic nitrogens is 1. The van der Waals surface area contributed by atoms with Crippen molar-refractivity contribution >= 4 is 16.5 Å². The van der Waals surface area contributed by atoms with E-state index in [-0.39, 0.29) is 0 Å². The van der Waals surface area contributed by atoms with Crippen molar-refractivity contribution in [3.8, 4) is 0 Å². The maximum atomic E-state index is 5.62. The minimum absolute atomic E-state index is 0.383. The third-order valence-corrected chi connectivity index (χ3v) is 3.81. The summed E-state index contributed by atoms with van der Waals surface area (Å²) in [5, 5.41) is 4.18. The third-order valence-electron chi connectivity index (χ3n) is 2.98. The minimum Gasteiger partial charge on any atom is -0.375 e. The Balaban J connectivity index is 1.99. The van der Waals surface area contributed by atoms with Crippen LogP contribution in [-0.4, -0.2) is 4.98 Å². The second kappa shape index (κ2) is 5.98. The van der Waals surface area contributed by atoms with Crippen molar-refractivity contribution in [1.82, 2.24) is 10.3 Å². The lowest BCUT2D eigenvalue weighted by molar-refractivity contribution is 0.521. The SMILES string of the molecule is CCC(NCc1cnc(N)s1)c1ccc(C)cc1. The summed E-state index contributed by atoms with van der Waals surface area (Å²) in [4.78, 5) is 5.24. The Morgan fingerprint density at radius 2 is 2.06 bits per heavy atom. The van der Waals surface area contributed by atoms with Crippen LogP contribution in [-0.2, 0) is 6.54 Å². The summed E-state index contributed by atoms with van der Waals surface area (Å²) < 4.78 is 0. The molecule has 1 unspecified atom stereocenters. The molecule has 0 saturated carbocycles. The van der Waals surface area contributed by atoms with Crippen molar-refractivity contribution in [1.29, 1.82) is 0 Å². The Bertz CT molecular complexity index is 490. The quantitative estimate of drug-likeness (QED) is 0.868. The van der Waals surface area contributed by atoms with Crippen LogP contribution in [0.3, 0.4) is 0 Å². The zero-order valence-electron chi connectivity index (χ0n) is 10.8. The Morgan fingerprint density at radius 1 is 1.33 bits per heavy atom. The summed E-state index contributed by atoms with van der Waals surface area (Å²) in [5.74, 6) is 0. The summed E-state index contributed by atoms with van der Waals surface area (Å²) in [5.41, 5.74) is 8.25. The number of anilines is 1. The van der Waals surface area contributed by atoms with Gasteiger partial charge in [0.25, 0.3) is 0 Å². The van der Waals surface area contributed by atoms with Gasteiger partial charge in [0, 0.05) is 23.7 Å². The Morgan fingerprint density at radius 3 is 2.61 bits per heavy atom. The van der Waals surface area contributed by atoms with E-state index >= 15 is 0 Å². The normalized spacial score (nSPS) is 12.6. The molecule has 0 amide bonds. The van der Waals surface area contributed by atoms with Gasteiger partial charge in [-0.05, 0) is 18.9 Å². The van der Waals surface area contributed by atoms with Gasteiger partial charge in [-0.1, -0.05) is 36.8 Å². The maximum absolute atomic E-state index is 5.62. The van der Waals surface area contributed by atoms with Gasteiger partial charge in [0.1, 0.15) is 0 Å². The highest BCUT2D eigenvalue weighted by atomic mass is 32.1. The highest BCUT2D eigenvalue weighted by Crippen LogP contribution is 2.20. The Labute approximate surface area is 112 Å². The van der Waals surface area contributed by atoms with E-state index in [4.69, 9.17) is 5.73 Å². The number of nitrogens with one attached hydrogen (secondary N) is 1. The molecule has 0 aliphatic rings. The molecule has 3 N–H and O–H groups in total. The molecule has 4 heteroatoms. The van der Waals surface area contributed by atoms with E-state index in [1.807, 2.05) is 6.20 Å². The zero-order chi connectivity index (χ0) is 13.0. The van der Waals surface area contributed by atoms with Crippen LogP contribution in [0.15, 0.2) is 30.5 Å². The first-order valence-electron chi connectivity index (χ1n) is 6.19. The van der Waals surface area contributed by atoms with Gasteiger partial charge in [0.05, 0.1) is 0 Å². The molecule has 3 nitrogen and oxygen atoms in total. The monoisotopic (exact) mass is 261 g/mol. The van der Waals surface area contributed by atoms with Crippen molar-refractivity contribution in [2.24, 2.45) is 0 Å². The average molecular weight is 261 g/mol. The summed E-state index contributed by atoms with van der Waals surface area (Å²) in [6.45, 7) is 5.12. The first-order chi connectivity index (χ1) is 8.69. The summed E-state index contributed by atoms with van der Waals surface area (Å²) in [6, 6.07) is 9.08. The smallest absolute Gasteiger partial charge is 0.180 e. The van der Waals surface area contributed by atoms with Crippen molar-refractivity contribution in [3.05, 3.63) is 46.5 Å². The molecule has 1 aromatic carbocycles. The predicted molar refractivity (Wildman–Crippen MR) is 77.6 cm³/mol. The summed E-state index contributed by atoms with van der Waals surface area (Å²) in [6.07, 6.45) is 2.91. The van der Waals surface area contributed by atoms with Gasteiger partial charge in [-0.2, -0.15) is 0 Å². The van der Waals surface area contributed by atoms with Gasteiger partial charge in [0.2, 0.25) is 0 Å². The van der Waals surface area contributed by atoms with Crippen LogP contribution in [0.4, 0.5) is 5.13 Å². The molecule has 0 saturated heterocycles. The fraction of sp³-hybridized carbons (Fsp3) is 0.357. The van der Waals surface area contributed by atoms with Gasteiger partial charge < -0.3 is 11.1 Å². The highest BCUT2D eigenvalue weighted by molar-refractivity contribution is 7.15. The van der Waals surface area contributed by atoms with E-state index in [2.05, 4.69) is 48.4 Å². The first kappa shape index (κ1) is 13.1.